The molecule has 1 aliphatic rings. The van der Waals surface area contributed by atoms with E-state index in [1.54, 1.807) is 13.3 Å². The Morgan fingerprint density at radius 3 is 2.56 bits per heavy atom. The van der Waals surface area contributed by atoms with Crippen molar-refractivity contribution in [3.8, 4) is 23.3 Å². The molecule has 5 heterocycles. The number of hydrogen-bond acceptors (Lipinski definition) is 9. The average molecular weight is 563 g/mol. The molecule has 41 heavy (non-hydrogen) atoms. The van der Waals surface area contributed by atoms with E-state index in [9.17, 15) is 8.78 Å². The van der Waals surface area contributed by atoms with Gasteiger partial charge in [0, 0.05) is 17.8 Å². The highest BCUT2D eigenvalue weighted by atomic mass is 19.3. The number of benzene rings is 1. The summed E-state index contributed by atoms with van der Waals surface area (Å²) >= 11 is 0. The van der Waals surface area contributed by atoms with E-state index in [0.717, 1.165) is 16.8 Å². The molecule has 1 aromatic carbocycles. The number of fused-ring (bicyclic) bond motifs is 1. The number of aryl methyl sites for hydroxylation is 2. The highest BCUT2D eigenvalue weighted by molar-refractivity contribution is 5.86. The third kappa shape index (κ3) is 5.40. The monoisotopic (exact) mass is 562 g/mol. The van der Waals surface area contributed by atoms with Crippen LogP contribution in [-0.4, -0.2) is 60.4 Å². The van der Waals surface area contributed by atoms with Gasteiger partial charge in [-0.3, -0.25) is 4.57 Å². The molecular formula is C28H28F2N8O3. The molecule has 1 fully saturated rings. The number of alkyl halides is 2. The third-order valence-corrected chi connectivity index (χ3v) is 6.65. The zero-order valence-electron chi connectivity index (χ0n) is 22.9. The molecule has 1 N–H and O–H groups in total. The van der Waals surface area contributed by atoms with Crippen LogP contribution in [0.25, 0.3) is 22.7 Å². The molecule has 0 unspecified atom stereocenters. The predicted octanol–water partition coefficient (Wildman–Crippen LogP) is 5.26. The summed E-state index contributed by atoms with van der Waals surface area (Å²) in [6.07, 6.45) is 1.61. The van der Waals surface area contributed by atoms with Gasteiger partial charge in [0.2, 0.25) is 5.88 Å². The van der Waals surface area contributed by atoms with Crippen molar-refractivity contribution in [1.82, 2.24) is 34.5 Å². The lowest BCUT2D eigenvalue weighted by Gasteiger charge is -2.27. The molecule has 0 aliphatic carbocycles. The molecule has 0 saturated carbocycles. The van der Waals surface area contributed by atoms with Crippen LogP contribution in [0.5, 0.6) is 11.6 Å². The summed E-state index contributed by atoms with van der Waals surface area (Å²) in [6.45, 7) is 5.73. The van der Waals surface area contributed by atoms with E-state index in [4.69, 9.17) is 14.5 Å². The lowest BCUT2D eigenvalue weighted by Crippen LogP contribution is -2.38. The van der Waals surface area contributed by atoms with Gasteiger partial charge in [-0.25, -0.2) is 14.6 Å². The molecular weight excluding hydrogens is 534 g/mol. The number of nitrogens with one attached hydrogen (secondary N) is 1. The molecule has 13 heteroatoms. The van der Waals surface area contributed by atoms with Gasteiger partial charge in [-0.15, -0.1) is 10.2 Å². The van der Waals surface area contributed by atoms with Gasteiger partial charge in [-0.2, -0.15) is 13.9 Å². The molecule has 0 radical (unpaired) electrons. The Bertz CT molecular complexity index is 1700. The number of anilines is 2. The minimum Gasteiger partial charge on any atom is -0.483 e. The van der Waals surface area contributed by atoms with Crippen molar-refractivity contribution in [3.63, 3.8) is 0 Å². The van der Waals surface area contributed by atoms with Crippen LogP contribution in [0.15, 0.2) is 48.8 Å². The van der Waals surface area contributed by atoms with Crippen molar-refractivity contribution in [2.24, 2.45) is 0 Å². The SMILES string of the molecule is Cc1ccc(Nc2cc3ncn(-c4ccc(C(C)C)c(-n5nc(OC(F)F)cc5C)n4)c3cc2OC2COC2)nn1. The van der Waals surface area contributed by atoms with Crippen molar-refractivity contribution < 1.29 is 23.0 Å². The highest BCUT2D eigenvalue weighted by Crippen LogP contribution is 2.35. The van der Waals surface area contributed by atoms with Crippen molar-refractivity contribution in [1.29, 1.82) is 0 Å². The van der Waals surface area contributed by atoms with E-state index < -0.39 is 6.61 Å². The molecule has 11 nitrogen and oxygen atoms in total. The third-order valence-electron chi connectivity index (χ3n) is 6.65. The Balaban J connectivity index is 1.43. The second-order valence-corrected chi connectivity index (χ2v) is 10.1. The summed E-state index contributed by atoms with van der Waals surface area (Å²) in [4.78, 5) is 9.53. The molecule has 6 rings (SSSR count). The van der Waals surface area contributed by atoms with E-state index in [0.29, 0.717) is 53.3 Å². The first-order valence-corrected chi connectivity index (χ1v) is 13.1. The molecule has 1 aliphatic heterocycles. The fourth-order valence-electron chi connectivity index (χ4n) is 4.49. The lowest BCUT2D eigenvalue weighted by atomic mass is 10.0. The smallest absolute Gasteiger partial charge is 0.388 e. The Hall–Kier alpha value is -4.65. The molecule has 0 amide bonds. The standard InChI is InChI=1S/C28H28F2N8O3/c1-15(2)19-6-8-25(33-27(19)38-17(4)9-26(36-38)41-28(29)30)37-14-31-20-10-21(32-24-7-5-16(3)34-35-24)23(11-22(20)37)40-18-12-39-13-18/h5-11,14-15,18,28H,12-13H2,1-4H3,(H,32,35). The summed E-state index contributed by atoms with van der Waals surface area (Å²) in [7, 11) is 0. The first-order chi connectivity index (χ1) is 19.7. The lowest BCUT2D eigenvalue weighted by molar-refractivity contribution is -0.0793. The maximum atomic E-state index is 12.8. The van der Waals surface area contributed by atoms with E-state index in [1.807, 2.05) is 61.7 Å². The maximum Gasteiger partial charge on any atom is 0.388 e. The summed E-state index contributed by atoms with van der Waals surface area (Å²) in [6, 6.07) is 12.8. The zero-order valence-corrected chi connectivity index (χ0v) is 22.9. The van der Waals surface area contributed by atoms with Gasteiger partial charge in [0.1, 0.15) is 24.0 Å². The zero-order chi connectivity index (χ0) is 28.7. The molecule has 0 spiro atoms. The number of imidazole rings is 1. The van der Waals surface area contributed by atoms with Gasteiger partial charge in [0.25, 0.3) is 0 Å². The first kappa shape index (κ1) is 26.6. The number of hydrogen-bond donors (Lipinski definition) is 1. The summed E-state index contributed by atoms with van der Waals surface area (Å²) in [5, 5.41) is 15.9. The number of nitrogens with zero attached hydrogens (tertiary/aromatic N) is 7. The van der Waals surface area contributed by atoms with Gasteiger partial charge < -0.3 is 19.5 Å². The second kappa shape index (κ2) is 10.7. The topological polar surface area (TPSA) is 114 Å². The molecule has 212 valence electrons. The molecule has 1 saturated heterocycles. The van der Waals surface area contributed by atoms with Crippen molar-refractivity contribution in [3.05, 3.63) is 65.7 Å². The molecule has 0 bridgehead atoms. The first-order valence-electron chi connectivity index (χ1n) is 13.1. The number of rotatable bonds is 9. The van der Waals surface area contributed by atoms with Crippen LogP contribution in [0.3, 0.4) is 0 Å². The summed E-state index contributed by atoms with van der Waals surface area (Å²) in [5.41, 5.74) is 4.46. The maximum absolute atomic E-state index is 12.8. The van der Waals surface area contributed by atoms with Crippen molar-refractivity contribution >= 4 is 22.5 Å². The van der Waals surface area contributed by atoms with Crippen LogP contribution in [-0.2, 0) is 4.74 Å². The largest absolute Gasteiger partial charge is 0.483 e. The molecule has 5 aromatic rings. The Kier molecular flexibility index (Phi) is 6.95. The van der Waals surface area contributed by atoms with E-state index in [-0.39, 0.29) is 17.9 Å². The molecule has 0 atom stereocenters. The number of aromatic nitrogens is 7. The summed E-state index contributed by atoms with van der Waals surface area (Å²) in [5.74, 6) is 2.18. The van der Waals surface area contributed by atoms with Gasteiger partial charge in [0.05, 0.1) is 35.6 Å². The number of halogens is 2. The Morgan fingerprint density at radius 2 is 1.88 bits per heavy atom. The van der Waals surface area contributed by atoms with Crippen LogP contribution in [0, 0.1) is 13.8 Å². The Morgan fingerprint density at radius 1 is 1.05 bits per heavy atom. The summed E-state index contributed by atoms with van der Waals surface area (Å²) < 4.78 is 45.2. The van der Waals surface area contributed by atoms with E-state index >= 15 is 0 Å². The van der Waals surface area contributed by atoms with Crippen molar-refractivity contribution in [2.75, 3.05) is 18.5 Å². The minimum atomic E-state index is -2.97. The fraction of sp³-hybridized carbons (Fsp3) is 0.321. The van der Waals surface area contributed by atoms with E-state index in [2.05, 4.69) is 30.3 Å². The van der Waals surface area contributed by atoms with E-state index in [1.165, 1.54) is 10.7 Å². The van der Waals surface area contributed by atoms with Gasteiger partial charge >= 0.3 is 6.61 Å². The van der Waals surface area contributed by atoms with Crippen LogP contribution in [0.1, 0.15) is 36.7 Å². The minimum absolute atomic E-state index is 0.0732. The van der Waals surface area contributed by atoms with Gasteiger partial charge in [-0.1, -0.05) is 19.9 Å². The van der Waals surface area contributed by atoms with Crippen LogP contribution < -0.4 is 14.8 Å². The second-order valence-electron chi connectivity index (χ2n) is 10.1. The van der Waals surface area contributed by atoms with Crippen LogP contribution in [0.2, 0.25) is 0 Å². The number of pyridine rings is 1. The fourth-order valence-corrected chi connectivity index (χ4v) is 4.49. The predicted molar refractivity (Wildman–Crippen MR) is 147 cm³/mol. The van der Waals surface area contributed by atoms with Crippen molar-refractivity contribution in [2.45, 2.75) is 46.3 Å². The van der Waals surface area contributed by atoms with Gasteiger partial charge in [0.15, 0.2) is 11.6 Å². The number of ether oxygens (including phenoxy) is 3. The van der Waals surface area contributed by atoms with Gasteiger partial charge in [-0.05, 0) is 49.6 Å². The Labute approximate surface area is 234 Å². The quantitative estimate of drug-likeness (QED) is 0.257. The average Bonchev–Trinajstić information content (AvgIpc) is 3.49. The van der Waals surface area contributed by atoms with Crippen LogP contribution >= 0.6 is 0 Å². The molecule has 4 aromatic heterocycles. The highest BCUT2D eigenvalue weighted by Gasteiger charge is 2.23. The normalized spacial score (nSPS) is 13.7. The van der Waals surface area contributed by atoms with Crippen LogP contribution in [0.4, 0.5) is 20.3 Å².